The lowest BCUT2D eigenvalue weighted by molar-refractivity contribution is 0.0994. The minimum atomic E-state index is -0.377. The summed E-state index contributed by atoms with van der Waals surface area (Å²) in [6, 6.07) is 12.3. The van der Waals surface area contributed by atoms with E-state index >= 15 is 0 Å². The molecule has 7 heteroatoms. The number of hydrogen-bond donors (Lipinski definition) is 0. The molecule has 0 spiro atoms. The van der Waals surface area contributed by atoms with Crippen molar-refractivity contribution in [3.05, 3.63) is 69.4 Å². The first-order valence-corrected chi connectivity index (χ1v) is 8.33. The van der Waals surface area contributed by atoms with Gasteiger partial charge in [0.1, 0.15) is 10.8 Å². The van der Waals surface area contributed by atoms with Crippen LogP contribution in [0.5, 0.6) is 0 Å². The third kappa shape index (κ3) is 3.37. The fourth-order valence-corrected chi connectivity index (χ4v) is 3.16. The molecule has 3 rings (SSSR count). The van der Waals surface area contributed by atoms with Crippen LogP contribution in [0.2, 0.25) is 10.2 Å². The number of benzene rings is 1. The summed E-state index contributed by atoms with van der Waals surface area (Å²) in [5.74, 6) is -0.377. The van der Waals surface area contributed by atoms with Crippen LogP contribution >= 0.6 is 34.5 Å². The Balaban J connectivity index is 2.12. The molecule has 0 N–H and O–H groups in total. The number of nitrogens with zero attached hydrogens (tertiary/aromatic N) is 3. The van der Waals surface area contributed by atoms with Gasteiger partial charge in [-0.15, -0.1) is 11.3 Å². The predicted octanol–water partition coefficient (Wildman–Crippen LogP) is 5.13. The van der Waals surface area contributed by atoms with Crippen molar-refractivity contribution in [2.24, 2.45) is 0 Å². The third-order valence-corrected chi connectivity index (χ3v) is 4.49. The van der Waals surface area contributed by atoms with Crippen molar-refractivity contribution in [3.63, 3.8) is 0 Å². The van der Waals surface area contributed by atoms with Crippen molar-refractivity contribution in [1.29, 1.82) is 0 Å². The van der Waals surface area contributed by atoms with E-state index in [9.17, 15) is 4.79 Å². The second kappa shape index (κ2) is 6.66. The van der Waals surface area contributed by atoms with E-state index in [1.165, 1.54) is 16.2 Å². The van der Waals surface area contributed by atoms with Gasteiger partial charge in [0.15, 0.2) is 5.13 Å². The van der Waals surface area contributed by atoms with Gasteiger partial charge >= 0.3 is 0 Å². The molecule has 2 heterocycles. The Morgan fingerprint density at radius 2 is 1.83 bits per heavy atom. The van der Waals surface area contributed by atoms with Gasteiger partial charge in [0.25, 0.3) is 5.91 Å². The summed E-state index contributed by atoms with van der Waals surface area (Å²) >= 11 is 13.4. The Hall–Kier alpha value is -1.95. The SMILES string of the molecule is Cc1csc(N(C(=O)c2nc(Cl)ccc2Cl)c2ccccc2)n1. The highest BCUT2D eigenvalue weighted by Gasteiger charge is 2.25. The van der Waals surface area contributed by atoms with Crippen molar-refractivity contribution < 1.29 is 4.79 Å². The molecule has 1 aromatic carbocycles. The monoisotopic (exact) mass is 363 g/mol. The summed E-state index contributed by atoms with van der Waals surface area (Å²) in [5, 5.41) is 2.89. The van der Waals surface area contributed by atoms with Crippen LogP contribution in [0.25, 0.3) is 0 Å². The summed E-state index contributed by atoms with van der Waals surface area (Å²) in [5.41, 5.74) is 1.62. The molecule has 116 valence electrons. The molecule has 0 aliphatic rings. The van der Waals surface area contributed by atoms with Gasteiger partial charge in [-0.25, -0.2) is 9.97 Å². The van der Waals surface area contributed by atoms with Crippen LogP contribution in [0, 0.1) is 6.92 Å². The maximum absolute atomic E-state index is 13.0. The molecule has 1 amide bonds. The average Bonchev–Trinajstić information content (AvgIpc) is 2.97. The van der Waals surface area contributed by atoms with E-state index in [1.807, 2.05) is 42.6 Å². The molecule has 4 nitrogen and oxygen atoms in total. The topological polar surface area (TPSA) is 46.1 Å². The van der Waals surface area contributed by atoms with Gasteiger partial charge in [-0.1, -0.05) is 41.4 Å². The maximum Gasteiger partial charge on any atom is 0.284 e. The normalized spacial score (nSPS) is 10.6. The highest BCUT2D eigenvalue weighted by molar-refractivity contribution is 7.14. The quantitative estimate of drug-likeness (QED) is 0.605. The van der Waals surface area contributed by atoms with Crippen LogP contribution in [-0.4, -0.2) is 15.9 Å². The Kier molecular flexibility index (Phi) is 4.61. The number of pyridine rings is 1. The number of carbonyl (C=O) groups is 1. The fourth-order valence-electron chi connectivity index (χ4n) is 2.01. The lowest BCUT2D eigenvalue weighted by Crippen LogP contribution is -2.27. The first-order chi connectivity index (χ1) is 11.1. The van der Waals surface area contributed by atoms with Crippen LogP contribution in [0.1, 0.15) is 16.2 Å². The number of anilines is 2. The molecule has 23 heavy (non-hydrogen) atoms. The number of amides is 1. The molecule has 0 aliphatic heterocycles. The number of aryl methyl sites for hydroxylation is 1. The summed E-state index contributed by atoms with van der Waals surface area (Å²) in [6.45, 7) is 1.87. The number of halogens is 2. The van der Waals surface area contributed by atoms with E-state index in [0.29, 0.717) is 10.8 Å². The van der Waals surface area contributed by atoms with E-state index in [4.69, 9.17) is 23.2 Å². The van der Waals surface area contributed by atoms with E-state index < -0.39 is 0 Å². The smallest absolute Gasteiger partial charge is 0.266 e. The standard InChI is InChI=1S/C16H11Cl2N3OS/c1-10-9-23-16(19-10)21(11-5-3-2-4-6-11)15(22)14-12(17)7-8-13(18)20-14/h2-9H,1H3. The van der Waals surface area contributed by atoms with Crippen molar-refractivity contribution in [2.45, 2.75) is 6.92 Å². The van der Waals surface area contributed by atoms with E-state index in [0.717, 1.165) is 5.69 Å². The van der Waals surface area contributed by atoms with Gasteiger partial charge in [0, 0.05) is 5.38 Å². The molecule has 0 radical (unpaired) electrons. The Morgan fingerprint density at radius 1 is 1.09 bits per heavy atom. The van der Waals surface area contributed by atoms with Gasteiger partial charge in [-0.2, -0.15) is 0 Å². The van der Waals surface area contributed by atoms with Crippen LogP contribution in [0.3, 0.4) is 0 Å². The van der Waals surface area contributed by atoms with Gasteiger partial charge < -0.3 is 0 Å². The third-order valence-electron chi connectivity index (χ3n) is 3.03. The molecule has 0 unspecified atom stereocenters. The fraction of sp³-hybridized carbons (Fsp3) is 0.0625. The molecule has 0 bridgehead atoms. The number of rotatable bonds is 3. The van der Waals surface area contributed by atoms with Gasteiger partial charge in [0.2, 0.25) is 0 Å². The van der Waals surface area contributed by atoms with Crippen LogP contribution in [-0.2, 0) is 0 Å². The summed E-state index contributed by atoms with van der Waals surface area (Å²) in [7, 11) is 0. The zero-order valence-corrected chi connectivity index (χ0v) is 14.4. The Labute approximate surface area is 147 Å². The minimum absolute atomic E-state index is 0.0934. The zero-order chi connectivity index (χ0) is 16.4. The maximum atomic E-state index is 13.0. The van der Waals surface area contributed by atoms with E-state index in [1.54, 1.807) is 12.1 Å². The lowest BCUT2D eigenvalue weighted by atomic mass is 10.2. The molecule has 0 aliphatic carbocycles. The molecular weight excluding hydrogens is 353 g/mol. The van der Waals surface area contributed by atoms with E-state index in [-0.39, 0.29) is 21.8 Å². The highest BCUT2D eigenvalue weighted by atomic mass is 35.5. The predicted molar refractivity (Wildman–Crippen MR) is 94.0 cm³/mol. The van der Waals surface area contributed by atoms with Crippen LogP contribution in [0.15, 0.2) is 47.8 Å². The number of hydrogen-bond acceptors (Lipinski definition) is 4. The van der Waals surface area contributed by atoms with Crippen LogP contribution < -0.4 is 4.90 Å². The van der Waals surface area contributed by atoms with Crippen molar-refractivity contribution in [2.75, 3.05) is 4.90 Å². The largest absolute Gasteiger partial charge is 0.284 e. The van der Waals surface area contributed by atoms with E-state index in [2.05, 4.69) is 9.97 Å². The zero-order valence-electron chi connectivity index (χ0n) is 12.0. The summed E-state index contributed by atoms with van der Waals surface area (Å²) in [6.07, 6.45) is 0. The van der Waals surface area contributed by atoms with Gasteiger partial charge in [-0.3, -0.25) is 9.69 Å². The molecule has 0 fully saturated rings. The van der Waals surface area contributed by atoms with Gasteiger partial charge in [0.05, 0.1) is 16.4 Å². The minimum Gasteiger partial charge on any atom is -0.266 e. The summed E-state index contributed by atoms with van der Waals surface area (Å²) in [4.78, 5) is 23.0. The first-order valence-electron chi connectivity index (χ1n) is 6.70. The summed E-state index contributed by atoms with van der Waals surface area (Å²) < 4.78 is 0. The number of thiazole rings is 1. The molecule has 3 aromatic rings. The molecule has 0 saturated carbocycles. The Bertz CT molecular complexity index is 852. The molecule has 2 aromatic heterocycles. The number of carbonyl (C=O) groups excluding carboxylic acids is 1. The second-order valence-electron chi connectivity index (χ2n) is 4.71. The first kappa shape index (κ1) is 15.9. The number of para-hydroxylation sites is 1. The highest BCUT2D eigenvalue weighted by Crippen LogP contribution is 2.31. The second-order valence-corrected chi connectivity index (χ2v) is 6.34. The molecule has 0 saturated heterocycles. The van der Waals surface area contributed by atoms with Gasteiger partial charge in [-0.05, 0) is 31.2 Å². The van der Waals surface area contributed by atoms with Crippen molar-refractivity contribution in [3.8, 4) is 0 Å². The van der Waals surface area contributed by atoms with Crippen molar-refractivity contribution >= 4 is 51.3 Å². The molecular formula is C16H11Cl2N3OS. The molecule has 0 atom stereocenters. The van der Waals surface area contributed by atoms with Crippen molar-refractivity contribution in [1.82, 2.24) is 9.97 Å². The lowest BCUT2D eigenvalue weighted by Gasteiger charge is -2.20. The number of aromatic nitrogens is 2. The van der Waals surface area contributed by atoms with Crippen LogP contribution in [0.4, 0.5) is 10.8 Å². The average molecular weight is 364 g/mol. The Morgan fingerprint density at radius 3 is 2.48 bits per heavy atom.